The van der Waals surface area contributed by atoms with Crippen LogP contribution in [0.15, 0.2) is 24.3 Å². The highest BCUT2D eigenvalue weighted by molar-refractivity contribution is 6.31. The summed E-state index contributed by atoms with van der Waals surface area (Å²) in [7, 11) is 0. The predicted molar refractivity (Wildman–Crippen MR) is 48.7 cm³/mol. The van der Waals surface area contributed by atoms with Crippen molar-refractivity contribution in [2.75, 3.05) is 0 Å². The Labute approximate surface area is 80.6 Å². The second-order valence-corrected chi connectivity index (χ2v) is 3.26. The van der Waals surface area contributed by atoms with Gasteiger partial charge in [-0.2, -0.15) is 0 Å². The second kappa shape index (κ2) is 3.36. The molecule has 0 unspecified atom stereocenters. The molecular weight excluding hydrogens is 192 g/mol. The lowest BCUT2D eigenvalue weighted by molar-refractivity contribution is -0.157. The zero-order chi connectivity index (χ0) is 10.1. The maximum absolute atomic E-state index is 10.7. The van der Waals surface area contributed by atoms with Gasteiger partial charge < -0.3 is 10.2 Å². The lowest BCUT2D eigenvalue weighted by Crippen LogP contribution is -2.32. The number of hydrogen-bond acceptors (Lipinski definition) is 2. The van der Waals surface area contributed by atoms with E-state index in [-0.39, 0.29) is 10.6 Å². The summed E-state index contributed by atoms with van der Waals surface area (Å²) in [5.74, 6) is -1.32. The molecule has 70 valence electrons. The number of halogens is 1. The third-order valence-electron chi connectivity index (χ3n) is 1.81. The van der Waals surface area contributed by atoms with Crippen molar-refractivity contribution in [2.45, 2.75) is 12.5 Å². The van der Waals surface area contributed by atoms with Gasteiger partial charge in [-0.3, -0.25) is 0 Å². The van der Waals surface area contributed by atoms with Gasteiger partial charge in [-0.1, -0.05) is 29.8 Å². The molecule has 0 amide bonds. The third-order valence-corrected chi connectivity index (χ3v) is 2.14. The number of carboxylic acids is 1. The molecule has 1 aromatic rings. The Morgan fingerprint density at radius 3 is 2.46 bits per heavy atom. The van der Waals surface area contributed by atoms with E-state index in [0.717, 1.165) is 0 Å². The minimum Gasteiger partial charge on any atom is -0.479 e. The fourth-order valence-corrected chi connectivity index (χ4v) is 1.29. The molecule has 1 rings (SSSR count). The summed E-state index contributed by atoms with van der Waals surface area (Å²) in [6.07, 6.45) is 0. The molecular formula is C9H9ClO3. The van der Waals surface area contributed by atoms with Gasteiger partial charge in [0.25, 0.3) is 0 Å². The number of benzene rings is 1. The van der Waals surface area contributed by atoms with E-state index in [1.165, 1.54) is 19.1 Å². The standard InChI is InChI=1S/C9H9ClO3/c1-9(13,8(11)12)6-4-2-3-5-7(6)10/h2-5,13H,1H3,(H,11,12)/t9-/m1/s1. The number of carbonyl (C=O) groups is 1. The first-order valence-electron chi connectivity index (χ1n) is 3.67. The Hall–Kier alpha value is -1.06. The van der Waals surface area contributed by atoms with Crippen LogP contribution in [0.2, 0.25) is 5.02 Å². The molecule has 0 heterocycles. The first kappa shape index (κ1) is 10.0. The molecule has 0 saturated heterocycles. The van der Waals surface area contributed by atoms with Gasteiger partial charge in [0.05, 0.1) is 0 Å². The number of hydrogen-bond donors (Lipinski definition) is 2. The smallest absolute Gasteiger partial charge is 0.340 e. The third kappa shape index (κ3) is 1.82. The predicted octanol–water partition coefficient (Wildman–Crippen LogP) is 1.63. The minimum absolute atomic E-state index is 0.198. The highest BCUT2D eigenvalue weighted by Gasteiger charge is 2.33. The SMILES string of the molecule is C[C@](O)(C(=O)O)c1ccccc1Cl. The van der Waals surface area contributed by atoms with Crippen molar-refractivity contribution in [2.24, 2.45) is 0 Å². The van der Waals surface area contributed by atoms with Crippen molar-refractivity contribution < 1.29 is 15.0 Å². The molecule has 0 saturated carbocycles. The highest BCUT2D eigenvalue weighted by atomic mass is 35.5. The van der Waals surface area contributed by atoms with Crippen molar-refractivity contribution >= 4 is 17.6 Å². The maximum atomic E-state index is 10.7. The van der Waals surface area contributed by atoms with Crippen LogP contribution >= 0.6 is 11.6 Å². The first-order valence-corrected chi connectivity index (χ1v) is 4.05. The molecule has 0 aliphatic heterocycles. The normalized spacial score (nSPS) is 15.0. The summed E-state index contributed by atoms with van der Waals surface area (Å²) in [5, 5.41) is 18.5. The van der Waals surface area contributed by atoms with Gasteiger partial charge >= 0.3 is 5.97 Å². The van der Waals surface area contributed by atoms with Crippen LogP contribution in [0.4, 0.5) is 0 Å². The van der Waals surface area contributed by atoms with Crippen LogP contribution in [0.1, 0.15) is 12.5 Å². The monoisotopic (exact) mass is 200 g/mol. The van der Waals surface area contributed by atoms with E-state index in [2.05, 4.69) is 0 Å². The molecule has 1 aromatic carbocycles. The topological polar surface area (TPSA) is 57.5 Å². The van der Waals surface area contributed by atoms with E-state index in [1.807, 2.05) is 0 Å². The summed E-state index contributed by atoms with van der Waals surface area (Å²) in [6.45, 7) is 1.19. The van der Waals surface area contributed by atoms with Gasteiger partial charge in [0.2, 0.25) is 0 Å². The summed E-state index contributed by atoms with van der Waals surface area (Å²) in [6, 6.07) is 6.31. The zero-order valence-electron chi connectivity index (χ0n) is 6.99. The largest absolute Gasteiger partial charge is 0.479 e. The lowest BCUT2D eigenvalue weighted by Gasteiger charge is -2.19. The molecule has 0 aromatic heterocycles. The van der Waals surface area contributed by atoms with Gasteiger partial charge in [0.1, 0.15) is 0 Å². The summed E-state index contributed by atoms with van der Waals surface area (Å²) in [5.41, 5.74) is -1.73. The summed E-state index contributed by atoms with van der Waals surface area (Å²) < 4.78 is 0. The molecule has 0 aliphatic rings. The average molecular weight is 201 g/mol. The van der Waals surface area contributed by atoms with Crippen LogP contribution in [0.25, 0.3) is 0 Å². The zero-order valence-corrected chi connectivity index (χ0v) is 7.75. The van der Waals surface area contributed by atoms with E-state index < -0.39 is 11.6 Å². The molecule has 0 aliphatic carbocycles. The fraction of sp³-hybridized carbons (Fsp3) is 0.222. The van der Waals surface area contributed by atoms with E-state index in [4.69, 9.17) is 16.7 Å². The molecule has 4 heteroatoms. The van der Waals surface area contributed by atoms with Crippen LogP contribution in [-0.2, 0) is 10.4 Å². The molecule has 0 spiro atoms. The van der Waals surface area contributed by atoms with E-state index in [9.17, 15) is 9.90 Å². The van der Waals surface area contributed by atoms with Crippen molar-refractivity contribution in [3.8, 4) is 0 Å². The average Bonchev–Trinajstić information content (AvgIpc) is 2.04. The Balaban J connectivity index is 3.22. The Morgan fingerprint density at radius 1 is 1.46 bits per heavy atom. The quantitative estimate of drug-likeness (QED) is 0.763. The van der Waals surface area contributed by atoms with Gasteiger partial charge in [-0.05, 0) is 13.0 Å². The number of rotatable bonds is 2. The van der Waals surface area contributed by atoms with Crippen LogP contribution in [-0.4, -0.2) is 16.2 Å². The Bertz CT molecular complexity index is 333. The maximum Gasteiger partial charge on any atom is 0.340 e. The van der Waals surface area contributed by atoms with Crippen molar-refractivity contribution in [3.63, 3.8) is 0 Å². The van der Waals surface area contributed by atoms with E-state index >= 15 is 0 Å². The van der Waals surface area contributed by atoms with Gasteiger partial charge in [0, 0.05) is 10.6 Å². The fourth-order valence-electron chi connectivity index (χ4n) is 0.971. The van der Waals surface area contributed by atoms with Crippen molar-refractivity contribution in [3.05, 3.63) is 34.9 Å². The number of aliphatic hydroxyl groups is 1. The minimum atomic E-state index is -1.93. The molecule has 2 N–H and O–H groups in total. The summed E-state index contributed by atoms with van der Waals surface area (Å²) in [4.78, 5) is 10.7. The Kier molecular flexibility index (Phi) is 2.59. The van der Waals surface area contributed by atoms with E-state index in [1.54, 1.807) is 12.1 Å². The molecule has 3 nitrogen and oxygen atoms in total. The second-order valence-electron chi connectivity index (χ2n) is 2.86. The molecule has 0 radical (unpaired) electrons. The van der Waals surface area contributed by atoms with Gasteiger partial charge in [0.15, 0.2) is 5.60 Å². The molecule has 13 heavy (non-hydrogen) atoms. The van der Waals surface area contributed by atoms with Gasteiger partial charge in [-0.15, -0.1) is 0 Å². The van der Waals surface area contributed by atoms with E-state index in [0.29, 0.717) is 0 Å². The highest BCUT2D eigenvalue weighted by Crippen LogP contribution is 2.27. The van der Waals surface area contributed by atoms with Crippen molar-refractivity contribution in [1.82, 2.24) is 0 Å². The number of carboxylic acid groups (broad SMARTS) is 1. The van der Waals surface area contributed by atoms with Crippen molar-refractivity contribution in [1.29, 1.82) is 0 Å². The number of aliphatic carboxylic acids is 1. The van der Waals surface area contributed by atoms with Gasteiger partial charge in [-0.25, -0.2) is 4.79 Å². The van der Waals surface area contributed by atoms with Crippen LogP contribution in [0.3, 0.4) is 0 Å². The first-order chi connectivity index (χ1) is 5.96. The lowest BCUT2D eigenvalue weighted by atomic mass is 9.96. The summed E-state index contributed by atoms with van der Waals surface area (Å²) >= 11 is 5.73. The molecule has 1 atom stereocenters. The van der Waals surface area contributed by atoms with Crippen LogP contribution in [0, 0.1) is 0 Å². The molecule has 0 bridgehead atoms. The Morgan fingerprint density at radius 2 is 2.00 bits per heavy atom. The van der Waals surface area contributed by atoms with Crippen LogP contribution in [0.5, 0.6) is 0 Å². The van der Waals surface area contributed by atoms with Crippen LogP contribution < -0.4 is 0 Å². The molecule has 0 fully saturated rings.